The van der Waals surface area contributed by atoms with Gasteiger partial charge in [-0.3, -0.25) is 20.0 Å². The van der Waals surface area contributed by atoms with Crippen LogP contribution in [0.25, 0.3) is 10.4 Å². The van der Waals surface area contributed by atoms with E-state index in [4.69, 9.17) is 5.73 Å². The Morgan fingerprint density at radius 1 is 1.33 bits per heavy atom. The van der Waals surface area contributed by atoms with E-state index in [1.54, 1.807) is 22.7 Å². The Morgan fingerprint density at radius 2 is 2.18 bits per heavy atom. The number of rotatable bonds is 7. The van der Waals surface area contributed by atoms with Gasteiger partial charge in [-0.2, -0.15) is 0 Å². The molecular weight excluding hydrogens is 440 g/mol. The summed E-state index contributed by atoms with van der Waals surface area (Å²) in [6.07, 6.45) is 5.51. The number of nitrogens with zero attached hydrogens (tertiary/aromatic N) is 5. The van der Waals surface area contributed by atoms with E-state index in [1.165, 1.54) is 17.5 Å². The van der Waals surface area contributed by atoms with Gasteiger partial charge in [-0.1, -0.05) is 0 Å². The van der Waals surface area contributed by atoms with Crippen molar-refractivity contribution >= 4 is 46.7 Å². The third kappa shape index (κ3) is 5.10. The Morgan fingerprint density at radius 3 is 2.91 bits per heavy atom. The minimum Gasteiger partial charge on any atom is -0.396 e. The number of carbonyl (C=O) groups excluding carboxylic acids is 2. The van der Waals surface area contributed by atoms with Crippen molar-refractivity contribution < 1.29 is 9.59 Å². The van der Waals surface area contributed by atoms with Crippen molar-refractivity contribution in [2.45, 2.75) is 12.8 Å². The van der Waals surface area contributed by atoms with E-state index in [-0.39, 0.29) is 11.7 Å². The first-order chi connectivity index (χ1) is 16.0. The van der Waals surface area contributed by atoms with Crippen molar-refractivity contribution in [3.63, 3.8) is 0 Å². The lowest BCUT2D eigenvalue weighted by Gasteiger charge is -2.29. The molecule has 0 fully saturated rings. The topological polar surface area (TPSA) is 129 Å². The van der Waals surface area contributed by atoms with Gasteiger partial charge < -0.3 is 16.0 Å². The number of pyridine rings is 2. The molecule has 4 heterocycles. The highest BCUT2D eigenvalue weighted by molar-refractivity contribution is 7.13. The summed E-state index contributed by atoms with van der Waals surface area (Å²) in [6.45, 7) is 2.03. The molecule has 2 amide bonds. The summed E-state index contributed by atoms with van der Waals surface area (Å²) < 4.78 is 0. The van der Waals surface area contributed by atoms with Gasteiger partial charge in [0, 0.05) is 37.5 Å². The Labute approximate surface area is 195 Å². The summed E-state index contributed by atoms with van der Waals surface area (Å²) in [5.41, 5.74) is 10.9. The van der Waals surface area contributed by atoms with Crippen LogP contribution in [-0.2, 0) is 6.42 Å². The summed E-state index contributed by atoms with van der Waals surface area (Å²) in [4.78, 5) is 42.2. The van der Waals surface area contributed by atoms with Crippen molar-refractivity contribution in [1.82, 2.24) is 19.9 Å². The van der Waals surface area contributed by atoms with Crippen molar-refractivity contribution in [3.05, 3.63) is 41.3 Å². The van der Waals surface area contributed by atoms with Gasteiger partial charge in [-0.25, -0.2) is 14.8 Å². The Kier molecular flexibility index (Phi) is 6.80. The number of fused-ring (bicyclic) bond motifs is 1. The van der Waals surface area contributed by atoms with Crippen LogP contribution in [-0.4, -0.2) is 65.9 Å². The summed E-state index contributed by atoms with van der Waals surface area (Å²) in [6, 6.07) is 3.29. The number of nitrogens with two attached hydrogens (primary N) is 1. The zero-order valence-electron chi connectivity index (χ0n) is 18.5. The molecule has 172 valence electrons. The van der Waals surface area contributed by atoms with Crippen LogP contribution in [0, 0.1) is 0 Å². The number of carbonyl (C=O) groups is 2. The molecule has 0 unspecified atom stereocenters. The Bertz CT molecular complexity index is 1150. The van der Waals surface area contributed by atoms with E-state index >= 15 is 0 Å². The van der Waals surface area contributed by atoms with E-state index < -0.39 is 0 Å². The first-order valence-electron chi connectivity index (χ1n) is 10.6. The average Bonchev–Trinajstić information content (AvgIpc) is 3.34. The van der Waals surface area contributed by atoms with E-state index in [1.807, 2.05) is 20.2 Å². The van der Waals surface area contributed by atoms with Gasteiger partial charge in [0.15, 0.2) is 6.29 Å². The molecule has 0 bridgehead atoms. The van der Waals surface area contributed by atoms with E-state index in [9.17, 15) is 9.59 Å². The highest BCUT2D eigenvalue weighted by atomic mass is 32.1. The predicted octanol–water partition coefficient (Wildman–Crippen LogP) is 2.95. The number of aryl methyl sites for hydroxylation is 1. The second-order valence-corrected chi connectivity index (χ2v) is 8.85. The van der Waals surface area contributed by atoms with Crippen molar-refractivity contribution in [3.8, 4) is 10.4 Å². The lowest BCUT2D eigenvalue weighted by molar-refractivity contribution is 0.111. The molecule has 3 aromatic heterocycles. The zero-order chi connectivity index (χ0) is 23.4. The fourth-order valence-corrected chi connectivity index (χ4v) is 4.27. The molecule has 0 aromatic carbocycles. The van der Waals surface area contributed by atoms with Crippen LogP contribution in [0.1, 0.15) is 22.5 Å². The number of aromatic nitrogens is 3. The van der Waals surface area contributed by atoms with Gasteiger partial charge in [0.25, 0.3) is 0 Å². The second-order valence-electron chi connectivity index (χ2n) is 7.96. The molecule has 1 aliphatic heterocycles. The quantitative estimate of drug-likeness (QED) is 0.453. The first kappa shape index (κ1) is 22.6. The molecule has 0 atom stereocenters. The summed E-state index contributed by atoms with van der Waals surface area (Å²) in [5, 5.41) is 6.09. The van der Waals surface area contributed by atoms with Crippen LogP contribution in [0.2, 0.25) is 0 Å². The third-order valence-corrected chi connectivity index (χ3v) is 6.10. The summed E-state index contributed by atoms with van der Waals surface area (Å²) >= 11 is 1.44. The number of thiazole rings is 1. The monoisotopic (exact) mass is 466 g/mol. The maximum atomic E-state index is 13.1. The van der Waals surface area contributed by atoms with E-state index in [0.29, 0.717) is 42.4 Å². The van der Waals surface area contributed by atoms with Gasteiger partial charge in [0.2, 0.25) is 0 Å². The number of likely N-dealkylation sites (N-methyl/N-ethyl adjacent to an activating group) is 1. The number of urea groups is 1. The van der Waals surface area contributed by atoms with Crippen LogP contribution in [0.3, 0.4) is 0 Å². The number of anilines is 4. The molecular formula is C22H26N8O2S. The normalized spacial score (nSPS) is 13.0. The minimum absolute atomic E-state index is 0.288. The van der Waals surface area contributed by atoms with Crippen LogP contribution in [0.15, 0.2) is 30.0 Å². The van der Waals surface area contributed by atoms with Crippen LogP contribution >= 0.6 is 11.3 Å². The molecule has 0 aliphatic carbocycles. The molecule has 1 aliphatic rings. The van der Waals surface area contributed by atoms with Crippen LogP contribution in [0.4, 0.5) is 27.8 Å². The average molecular weight is 467 g/mol. The lowest BCUT2D eigenvalue weighted by atomic mass is 10.0. The standard InChI is InChI=1S/C22H26N8O2S/c1-29(2)7-5-25-17-9-20(26-10-16(17)23)28-22(32)30-6-3-4-14-8-15(19-11-24-13-33-19)18(12-31)27-21(14)30/h8-13H,3-7,23H2,1-2H3,(H2,25,26,28,32). The molecule has 33 heavy (non-hydrogen) atoms. The number of nitrogen functional groups attached to an aromatic ring is 1. The first-order valence-corrected chi connectivity index (χ1v) is 11.4. The highest BCUT2D eigenvalue weighted by Crippen LogP contribution is 2.33. The fourth-order valence-electron chi connectivity index (χ4n) is 3.62. The molecule has 4 N–H and O–H groups in total. The van der Waals surface area contributed by atoms with Crippen LogP contribution in [0.5, 0.6) is 0 Å². The molecule has 0 radical (unpaired) electrons. The largest absolute Gasteiger partial charge is 0.396 e. The number of hydrogen-bond acceptors (Lipinski definition) is 9. The SMILES string of the molecule is CN(C)CCNc1cc(NC(=O)N2CCCc3cc(-c4cncs4)c(C=O)nc32)ncc1N. The molecule has 0 saturated heterocycles. The fraction of sp³-hybridized carbons (Fsp3) is 0.318. The van der Waals surface area contributed by atoms with Crippen molar-refractivity contribution in [1.29, 1.82) is 0 Å². The number of aldehydes is 1. The molecule has 10 nitrogen and oxygen atoms in total. The smallest absolute Gasteiger partial charge is 0.328 e. The maximum absolute atomic E-state index is 13.1. The molecule has 0 spiro atoms. The number of nitrogens with one attached hydrogen (secondary N) is 2. The third-order valence-electron chi connectivity index (χ3n) is 5.29. The number of amides is 2. The number of hydrogen-bond donors (Lipinski definition) is 3. The molecule has 3 aromatic rings. The van der Waals surface area contributed by atoms with Gasteiger partial charge in [0.1, 0.15) is 17.3 Å². The Balaban J connectivity index is 1.55. The lowest BCUT2D eigenvalue weighted by Crippen LogP contribution is -2.39. The van der Waals surface area contributed by atoms with Crippen molar-refractivity contribution in [2.75, 3.05) is 55.0 Å². The zero-order valence-corrected chi connectivity index (χ0v) is 19.4. The molecule has 4 rings (SSSR count). The highest BCUT2D eigenvalue weighted by Gasteiger charge is 2.26. The molecule has 0 saturated carbocycles. The van der Waals surface area contributed by atoms with Gasteiger partial charge >= 0.3 is 6.03 Å². The van der Waals surface area contributed by atoms with E-state index in [0.717, 1.165) is 35.4 Å². The van der Waals surface area contributed by atoms with Crippen molar-refractivity contribution in [2.24, 2.45) is 0 Å². The van der Waals surface area contributed by atoms with Gasteiger partial charge in [0.05, 0.1) is 28.0 Å². The molecule has 11 heteroatoms. The van der Waals surface area contributed by atoms with Gasteiger partial charge in [-0.15, -0.1) is 11.3 Å². The van der Waals surface area contributed by atoms with E-state index in [2.05, 4.69) is 30.5 Å². The predicted molar refractivity (Wildman–Crippen MR) is 131 cm³/mol. The summed E-state index contributed by atoms with van der Waals surface area (Å²) in [7, 11) is 3.98. The minimum atomic E-state index is -0.359. The Hall–Kier alpha value is -3.57. The van der Waals surface area contributed by atoms with Gasteiger partial charge in [-0.05, 0) is 38.6 Å². The summed E-state index contributed by atoms with van der Waals surface area (Å²) in [5.74, 6) is 0.874. The maximum Gasteiger partial charge on any atom is 0.328 e. The second kappa shape index (κ2) is 9.92. The van der Waals surface area contributed by atoms with Crippen LogP contribution < -0.4 is 21.3 Å².